The van der Waals surface area contributed by atoms with E-state index in [1.54, 1.807) is 10.7 Å². The third-order valence-electron chi connectivity index (χ3n) is 2.96. The molecule has 0 spiro atoms. The first-order valence-corrected chi connectivity index (χ1v) is 5.97. The maximum absolute atomic E-state index is 13.2. The molecular formula is C13H16FN3O. The van der Waals surface area contributed by atoms with E-state index in [1.807, 2.05) is 13.0 Å². The molecule has 1 heterocycles. The molecule has 2 aromatic rings. The highest BCUT2D eigenvalue weighted by molar-refractivity contribution is 5.21. The van der Waals surface area contributed by atoms with Gasteiger partial charge in [0, 0.05) is 18.9 Å². The van der Waals surface area contributed by atoms with Crippen LogP contribution in [0.25, 0.3) is 0 Å². The van der Waals surface area contributed by atoms with Crippen molar-refractivity contribution in [3.63, 3.8) is 0 Å². The summed E-state index contributed by atoms with van der Waals surface area (Å²) in [6.07, 6.45) is 2.05. The third kappa shape index (κ3) is 2.73. The SMILES string of the molecule is CCn1ncnc1CC(CO)c1cccc(F)c1. The average molecular weight is 249 g/mol. The van der Waals surface area contributed by atoms with Crippen LogP contribution < -0.4 is 0 Å². The molecule has 0 amide bonds. The second-order valence-corrected chi connectivity index (χ2v) is 4.13. The zero-order valence-electron chi connectivity index (χ0n) is 10.3. The molecule has 0 aliphatic rings. The Balaban J connectivity index is 2.20. The second-order valence-electron chi connectivity index (χ2n) is 4.13. The van der Waals surface area contributed by atoms with Gasteiger partial charge >= 0.3 is 0 Å². The fourth-order valence-corrected chi connectivity index (χ4v) is 1.98. The number of aliphatic hydroxyl groups excluding tert-OH is 1. The largest absolute Gasteiger partial charge is 0.396 e. The summed E-state index contributed by atoms with van der Waals surface area (Å²) in [7, 11) is 0. The molecule has 96 valence electrons. The van der Waals surface area contributed by atoms with Gasteiger partial charge in [-0.3, -0.25) is 4.68 Å². The Kier molecular flexibility index (Phi) is 4.04. The Bertz CT molecular complexity index is 512. The number of halogens is 1. The second kappa shape index (κ2) is 5.73. The lowest BCUT2D eigenvalue weighted by Crippen LogP contribution is -2.13. The molecule has 1 N–H and O–H groups in total. The Morgan fingerprint density at radius 1 is 1.44 bits per heavy atom. The molecule has 1 aromatic heterocycles. The molecule has 2 rings (SSSR count). The maximum atomic E-state index is 13.2. The molecule has 0 aliphatic carbocycles. The third-order valence-corrected chi connectivity index (χ3v) is 2.96. The predicted octanol–water partition coefficient (Wildman–Crippen LogP) is 1.76. The first kappa shape index (κ1) is 12.7. The number of aromatic nitrogens is 3. The predicted molar refractivity (Wildman–Crippen MR) is 65.6 cm³/mol. The van der Waals surface area contributed by atoms with E-state index in [0.29, 0.717) is 6.42 Å². The quantitative estimate of drug-likeness (QED) is 0.878. The van der Waals surface area contributed by atoms with E-state index in [-0.39, 0.29) is 18.3 Å². The van der Waals surface area contributed by atoms with E-state index >= 15 is 0 Å². The lowest BCUT2D eigenvalue weighted by Gasteiger charge is -2.14. The van der Waals surface area contributed by atoms with Crippen LogP contribution in [-0.4, -0.2) is 26.5 Å². The van der Waals surface area contributed by atoms with Crippen LogP contribution in [0.3, 0.4) is 0 Å². The number of aryl methyl sites for hydroxylation is 1. The molecule has 18 heavy (non-hydrogen) atoms. The topological polar surface area (TPSA) is 50.9 Å². The van der Waals surface area contributed by atoms with Crippen molar-refractivity contribution >= 4 is 0 Å². The van der Waals surface area contributed by atoms with Crippen molar-refractivity contribution in [2.45, 2.75) is 25.8 Å². The maximum Gasteiger partial charge on any atom is 0.138 e. The molecule has 0 saturated carbocycles. The van der Waals surface area contributed by atoms with Crippen LogP contribution >= 0.6 is 0 Å². The molecule has 0 fully saturated rings. The molecule has 0 aliphatic heterocycles. The minimum absolute atomic E-state index is 0.0416. The number of nitrogens with zero attached hydrogens (tertiary/aromatic N) is 3. The molecule has 0 bridgehead atoms. The lowest BCUT2D eigenvalue weighted by molar-refractivity contribution is 0.261. The van der Waals surface area contributed by atoms with Gasteiger partial charge in [0.25, 0.3) is 0 Å². The van der Waals surface area contributed by atoms with Gasteiger partial charge in [-0.25, -0.2) is 9.37 Å². The number of benzene rings is 1. The average Bonchev–Trinajstić information content (AvgIpc) is 2.83. The van der Waals surface area contributed by atoms with Crippen molar-refractivity contribution in [1.29, 1.82) is 0 Å². The smallest absolute Gasteiger partial charge is 0.138 e. The van der Waals surface area contributed by atoms with Gasteiger partial charge in [-0.15, -0.1) is 0 Å². The van der Waals surface area contributed by atoms with Gasteiger partial charge in [0.2, 0.25) is 0 Å². The highest BCUT2D eigenvalue weighted by Crippen LogP contribution is 2.20. The highest BCUT2D eigenvalue weighted by atomic mass is 19.1. The van der Waals surface area contributed by atoms with Gasteiger partial charge in [-0.05, 0) is 24.6 Å². The van der Waals surface area contributed by atoms with E-state index < -0.39 is 0 Å². The normalized spacial score (nSPS) is 12.6. The van der Waals surface area contributed by atoms with Crippen LogP contribution in [0.5, 0.6) is 0 Å². The van der Waals surface area contributed by atoms with Gasteiger partial charge in [0.15, 0.2) is 0 Å². The van der Waals surface area contributed by atoms with E-state index in [9.17, 15) is 9.50 Å². The lowest BCUT2D eigenvalue weighted by atomic mass is 9.96. The molecule has 1 aromatic carbocycles. The van der Waals surface area contributed by atoms with Crippen molar-refractivity contribution in [3.8, 4) is 0 Å². The monoisotopic (exact) mass is 249 g/mol. The Morgan fingerprint density at radius 2 is 2.28 bits per heavy atom. The van der Waals surface area contributed by atoms with Gasteiger partial charge in [0.05, 0.1) is 6.61 Å². The number of rotatable bonds is 5. The van der Waals surface area contributed by atoms with Gasteiger partial charge in [0.1, 0.15) is 18.0 Å². The van der Waals surface area contributed by atoms with E-state index in [0.717, 1.165) is 17.9 Å². The van der Waals surface area contributed by atoms with Crippen molar-refractivity contribution in [3.05, 3.63) is 47.8 Å². The minimum Gasteiger partial charge on any atom is -0.396 e. The summed E-state index contributed by atoms with van der Waals surface area (Å²) in [5, 5.41) is 13.5. The van der Waals surface area contributed by atoms with Gasteiger partial charge < -0.3 is 5.11 Å². The zero-order chi connectivity index (χ0) is 13.0. The first-order valence-electron chi connectivity index (χ1n) is 5.97. The molecule has 0 radical (unpaired) electrons. The number of hydrogen-bond acceptors (Lipinski definition) is 3. The van der Waals surface area contributed by atoms with Gasteiger partial charge in [-0.1, -0.05) is 12.1 Å². The van der Waals surface area contributed by atoms with Crippen LogP contribution in [0.1, 0.15) is 24.2 Å². The standard InChI is InChI=1S/C13H16FN3O/c1-2-17-13(15-9-16-17)7-11(8-18)10-4-3-5-12(14)6-10/h3-6,9,11,18H,2,7-8H2,1H3. The van der Waals surface area contributed by atoms with E-state index in [2.05, 4.69) is 10.1 Å². The van der Waals surface area contributed by atoms with Crippen molar-refractivity contribution in [1.82, 2.24) is 14.8 Å². The van der Waals surface area contributed by atoms with Crippen LogP contribution in [-0.2, 0) is 13.0 Å². The fourth-order valence-electron chi connectivity index (χ4n) is 1.98. The number of aliphatic hydroxyl groups is 1. The Morgan fingerprint density at radius 3 is 2.94 bits per heavy atom. The summed E-state index contributed by atoms with van der Waals surface area (Å²) < 4.78 is 15.0. The summed E-state index contributed by atoms with van der Waals surface area (Å²) in [5.74, 6) is 0.360. The summed E-state index contributed by atoms with van der Waals surface area (Å²) in [6, 6.07) is 6.31. The molecule has 0 saturated heterocycles. The van der Waals surface area contributed by atoms with Crippen molar-refractivity contribution in [2.24, 2.45) is 0 Å². The highest BCUT2D eigenvalue weighted by Gasteiger charge is 2.15. The van der Waals surface area contributed by atoms with Crippen molar-refractivity contribution < 1.29 is 9.50 Å². The van der Waals surface area contributed by atoms with Crippen LogP contribution in [0, 0.1) is 5.82 Å². The molecule has 1 atom stereocenters. The fraction of sp³-hybridized carbons (Fsp3) is 0.385. The zero-order valence-corrected chi connectivity index (χ0v) is 10.3. The van der Waals surface area contributed by atoms with Gasteiger partial charge in [-0.2, -0.15) is 5.10 Å². The summed E-state index contributed by atoms with van der Waals surface area (Å²) >= 11 is 0. The van der Waals surface area contributed by atoms with Crippen LogP contribution in [0.15, 0.2) is 30.6 Å². The van der Waals surface area contributed by atoms with E-state index in [4.69, 9.17) is 0 Å². The Hall–Kier alpha value is -1.75. The van der Waals surface area contributed by atoms with Crippen molar-refractivity contribution in [2.75, 3.05) is 6.61 Å². The molecular weight excluding hydrogens is 233 g/mol. The molecule has 4 nitrogen and oxygen atoms in total. The Labute approximate surface area is 105 Å². The summed E-state index contributed by atoms with van der Waals surface area (Å²) in [5.41, 5.74) is 0.781. The number of hydrogen-bond donors (Lipinski definition) is 1. The first-order chi connectivity index (χ1) is 8.74. The summed E-state index contributed by atoms with van der Waals surface area (Å²) in [4.78, 5) is 4.17. The van der Waals surface area contributed by atoms with Crippen LogP contribution in [0.2, 0.25) is 0 Å². The molecule has 1 unspecified atom stereocenters. The molecule has 5 heteroatoms. The van der Waals surface area contributed by atoms with E-state index in [1.165, 1.54) is 18.5 Å². The summed E-state index contributed by atoms with van der Waals surface area (Å²) in [6.45, 7) is 2.67. The minimum atomic E-state index is -0.289. The van der Waals surface area contributed by atoms with Crippen LogP contribution in [0.4, 0.5) is 4.39 Å².